The summed E-state index contributed by atoms with van der Waals surface area (Å²) in [6, 6.07) is 3.60. The number of nitrogens with two attached hydrogens (primary N) is 1. The van der Waals surface area contributed by atoms with E-state index >= 15 is 0 Å². The molecule has 0 spiro atoms. The third kappa shape index (κ3) is 7.21. The predicted molar refractivity (Wildman–Crippen MR) is 134 cm³/mol. The van der Waals surface area contributed by atoms with Gasteiger partial charge in [-0.15, -0.1) is 11.3 Å². The Labute approximate surface area is 243 Å². The SMILES string of the molecule is Nc1nc(=S)c2ncn(C3OC(COP(=O)([O-])OP(=O)([O-])OP(=O)([O-])O)C4O[C@@H](C(=O)NCc5cccs5)OC43)c2[nH]1. The number of hydrogen-bond donors (Lipinski definition) is 4. The maximum Gasteiger partial charge on any atom is 0.280 e. The third-order valence-electron chi connectivity index (χ3n) is 5.62. The van der Waals surface area contributed by atoms with Crippen LogP contribution in [-0.4, -0.2) is 61.5 Å². The molecule has 3 aromatic heterocycles. The molecule has 5 rings (SSSR count). The summed E-state index contributed by atoms with van der Waals surface area (Å²) in [5.41, 5.74) is 6.24. The van der Waals surface area contributed by atoms with Crippen molar-refractivity contribution in [1.29, 1.82) is 0 Å². The number of rotatable bonds is 11. The second-order valence-electron chi connectivity index (χ2n) is 8.49. The van der Waals surface area contributed by atoms with Gasteiger partial charge in [-0.25, -0.2) is 18.6 Å². The molecule has 0 radical (unpaired) electrons. The van der Waals surface area contributed by atoms with E-state index < -0.39 is 66.8 Å². The van der Waals surface area contributed by atoms with Gasteiger partial charge in [-0.2, -0.15) is 0 Å². The molecule has 20 nitrogen and oxygen atoms in total. The number of phosphoric ester groups is 1. The molecule has 0 saturated carbocycles. The van der Waals surface area contributed by atoms with Crippen LogP contribution < -0.4 is 25.7 Å². The number of carbonyl (C=O) groups excluding carboxylic acids is 1. The van der Waals surface area contributed by atoms with Gasteiger partial charge in [-0.3, -0.25) is 23.1 Å². The molecule has 25 heteroatoms. The number of aromatic amines is 1. The summed E-state index contributed by atoms with van der Waals surface area (Å²) in [5, 5.41) is 4.47. The van der Waals surface area contributed by atoms with E-state index in [1.54, 1.807) is 12.1 Å². The van der Waals surface area contributed by atoms with Gasteiger partial charge in [0.25, 0.3) is 29.4 Å². The summed E-state index contributed by atoms with van der Waals surface area (Å²) in [4.78, 5) is 67.4. The van der Waals surface area contributed by atoms with Gasteiger partial charge in [-0.1, -0.05) is 18.3 Å². The van der Waals surface area contributed by atoms with Crippen molar-refractivity contribution in [3.8, 4) is 0 Å². The van der Waals surface area contributed by atoms with E-state index in [1.807, 2.05) is 5.38 Å². The Balaban J connectivity index is 1.36. The van der Waals surface area contributed by atoms with Gasteiger partial charge in [0.2, 0.25) is 6.29 Å². The lowest BCUT2D eigenvalue weighted by molar-refractivity contribution is -0.250. The van der Waals surface area contributed by atoms with Crippen molar-refractivity contribution in [3.05, 3.63) is 33.4 Å². The van der Waals surface area contributed by atoms with Gasteiger partial charge >= 0.3 is 0 Å². The van der Waals surface area contributed by atoms with Crippen molar-refractivity contribution >= 4 is 70.0 Å². The number of amides is 1. The number of nitrogens with one attached hydrogen (secondary N) is 2. The summed E-state index contributed by atoms with van der Waals surface area (Å²) in [7, 11) is -17.9. The van der Waals surface area contributed by atoms with Crippen molar-refractivity contribution in [1.82, 2.24) is 24.8 Å². The summed E-state index contributed by atoms with van der Waals surface area (Å²) < 4.78 is 64.7. The zero-order chi connectivity index (χ0) is 30.4. The zero-order valence-electron chi connectivity index (χ0n) is 20.4. The first-order valence-electron chi connectivity index (χ1n) is 11.3. The molecule has 42 heavy (non-hydrogen) atoms. The molecular formula is C17H18N6O14P3S2-3. The van der Waals surface area contributed by atoms with Crippen LogP contribution in [0.1, 0.15) is 11.1 Å². The molecule has 2 aliphatic rings. The van der Waals surface area contributed by atoms with Gasteiger partial charge in [0.05, 0.1) is 19.5 Å². The minimum atomic E-state index is -6.13. The second-order valence-corrected chi connectivity index (χ2v) is 14.2. The average molecular weight is 687 g/mol. The van der Waals surface area contributed by atoms with Crippen molar-refractivity contribution in [2.24, 2.45) is 0 Å². The highest BCUT2D eigenvalue weighted by Crippen LogP contribution is 2.61. The highest BCUT2D eigenvalue weighted by molar-refractivity contribution is 7.71. The summed E-state index contributed by atoms with van der Waals surface area (Å²) in [6.45, 7) is -0.791. The van der Waals surface area contributed by atoms with E-state index in [1.165, 1.54) is 22.2 Å². The van der Waals surface area contributed by atoms with E-state index in [-0.39, 0.29) is 28.3 Å². The van der Waals surface area contributed by atoms with E-state index in [0.717, 1.165) is 4.88 Å². The number of phosphoric acid groups is 3. The maximum absolute atomic E-state index is 12.8. The minimum absolute atomic E-state index is 0.0580. The lowest BCUT2D eigenvalue weighted by atomic mass is 10.1. The average Bonchev–Trinajstić information content (AvgIpc) is 3.63. The molecule has 0 aromatic carbocycles. The first-order valence-corrected chi connectivity index (χ1v) is 17.0. The highest BCUT2D eigenvalue weighted by atomic mass is 32.1. The van der Waals surface area contributed by atoms with Crippen molar-refractivity contribution in [3.63, 3.8) is 0 Å². The topological polar surface area (TPSA) is 298 Å². The summed E-state index contributed by atoms with van der Waals surface area (Å²) in [6.07, 6.45) is -4.96. The maximum atomic E-state index is 12.8. The van der Waals surface area contributed by atoms with E-state index in [4.69, 9.17) is 37.1 Å². The third-order valence-corrected chi connectivity index (χ3v) is 10.5. The molecule has 5 N–H and O–H groups in total. The fourth-order valence-electron chi connectivity index (χ4n) is 4.09. The Morgan fingerprint density at radius 3 is 2.64 bits per heavy atom. The summed E-state index contributed by atoms with van der Waals surface area (Å²) >= 11 is 6.58. The van der Waals surface area contributed by atoms with Gasteiger partial charge in [-0.05, 0) is 11.4 Å². The normalized spacial score (nSPS) is 28.1. The number of aromatic nitrogens is 4. The Bertz CT molecular complexity index is 1680. The molecule has 0 aliphatic carbocycles. The molecule has 2 saturated heterocycles. The predicted octanol–water partition coefficient (Wildman–Crippen LogP) is -1.10. The van der Waals surface area contributed by atoms with Crippen LogP contribution in [0, 0.1) is 4.64 Å². The molecular weight excluding hydrogens is 669 g/mol. The fraction of sp³-hybridized carbons (Fsp3) is 0.412. The van der Waals surface area contributed by atoms with Crippen LogP contribution in [0.15, 0.2) is 23.8 Å². The van der Waals surface area contributed by atoms with Gasteiger partial charge in [0, 0.05) is 4.88 Å². The number of imidazole rings is 1. The van der Waals surface area contributed by atoms with E-state index in [9.17, 15) is 33.2 Å². The molecule has 2 aliphatic heterocycles. The molecule has 2 fully saturated rings. The lowest BCUT2D eigenvalue weighted by Gasteiger charge is -2.33. The van der Waals surface area contributed by atoms with Crippen LogP contribution >= 0.6 is 47.0 Å². The zero-order valence-corrected chi connectivity index (χ0v) is 24.8. The molecule has 0 bridgehead atoms. The Hall–Kier alpha value is -1.97. The van der Waals surface area contributed by atoms with Gasteiger partial charge in [0.15, 0.2) is 16.8 Å². The van der Waals surface area contributed by atoms with E-state index in [2.05, 4.69) is 33.4 Å². The number of H-pyrrole nitrogens is 1. The van der Waals surface area contributed by atoms with Gasteiger partial charge in [0.1, 0.15) is 29.5 Å². The monoisotopic (exact) mass is 687 g/mol. The molecule has 8 atom stereocenters. The van der Waals surface area contributed by atoms with Crippen molar-refractivity contribution in [2.75, 3.05) is 12.3 Å². The lowest BCUT2D eigenvalue weighted by Crippen LogP contribution is -2.37. The molecule has 1 amide bonds. The minimum Gasteiger partial charge on any atom is -0.756 e. The molecule has 5 heterocycles. The van der Waals surface area contributed by atoms with Crippen LogP contribution in [-0.2, 0) is 52.4 Å². The highest BCUT2D eigenvalue weighted by Gasteiger charge is 2.55. The number of fused-ring (bicyclic) bond motifs is 2. The Kier molecular flexibility index (Phi) is 8.87. The van der Waals surface area contributed by atoms with E-state index in [0.29, 0.717) is 0 Å². The largest absolute Gasteiger partial charge is 0.756 e. The van der Waals surface area contributed by atoms with Gasteiger partial charge < -0.3 is 54.3 Å². The number of carbonyl (C=O) groups is 1. The van der Waals surface area contributed by atoms with Crippen LogP contribution in [0.3, 0.4) is 0 Å². The smallest absolute Gasteiger partial charge is 0.280 e. The second kappa shape index (κ2) is 11.8. The number of thiophene rings is 1. The summed E-state index contributed by atoms with van der Waals surface area (Å²) in [5.74, 6) is -0.717. The molecule has 230 valence electrons. The van der Waals surface area contributed by atoms with Crippen LogP contribution in [0.2, 0.25) is 0 Å². The number of hydrogen-bond acceptors (Lipinski definition) is 18. The first kappa shape index (κ1) is 31.5. The molecule has 3 aromatic rings. The van der Waals surface area contributed by atoms with Crippen molar-refractivity contribution < 1.29 is 65.4 Å². The Morgan fingerprint density at radius 2 is 1.95 bits per heavy atom. The number of nitrogen functional groups attached to an aromatic ring is 1. The van der Waals surface area contributed by atoms with Crippen LogP contribution in [0.5, 0.6) is 0 Å². The number of anilines is 1. The standard InChI is InChI=1S/C17H21N6O14P3S2/c18-17-21-12-9(14(41)22-17)20-6-23(12)15-11-10(34-16(35-11)13(24)19-4-7-2-1-3-42-7)8(33-15)5-32-39(28,29)37-40(30,31)36-38(25,26)27/h1-3,6,8,10-11,15-16H,4-5H2,(H,19,24)(H,28,29)(H,30,31)(H2,25,26,27)(H3,18,21,22,41)/p-3/t8?,10?,11?,15?,16-/m1/s1. The number of ether oxygens (including phenoxy) is 3. The number of nitrogens with zero attached hydrogens (tertiary/aromatic N) is 3. The Morgan fingerprint density at radius 1 is 1.21 bits per heavy atom. The van der Waals surface area contributed by atoms with Crippen molar-refractivity contribution in [2.45, 2.75) is 37.4 Å². The van der Waals surface area contributed by atoms with Crippen LogP contribution in [0.4, 0.5) is 5.95 Å². The fourth-order valence-corrected chi connectivity index (χ4v) is 7.87. The quantitative estimate of drug-likeness (QED) is 0.137. The van der Waals surface area contributed by atoms with Crippen LogP contribution in [0.25, 0.3) is 11.2 Å². The first-order chi connectivity index (χ1) is 19.6. The molecule has 7 unspecified atom stereocenters.